The van der Waals surface area contributed by atoms with Crippen molar-refractivity contribution in [2.24, 2.45) is 0 Å². The predicted octanol–water partition coefficient (Wildman–Crippen LogP) is 0.845. The minimum Gasteiger partial charge on any atom is -0.508 e. The van der Waals surface area contributed by atoms with Crippen molar-refractivity contribution in [1.82, 2.24) is 16.0 Å². The Bertz CT molecular complexity index is 962. The first-order valence-electron chi connectivity index (χ1n) is 10.5. The van der Waals surface area contributed by atoms with Crippen LogP contribution in [0.4, 0.5) is 0 Å². The maximum atomic E-state index is 13.1. The van der Waals surface area contributed by atoms with Gasteiger partial charge in [-0.2, -0.15) is 0 Å². The normalized spacial score (nSPS) is 13.2. The van der Waals surface area contributed by atoms with E-state index < -0.39 is 41.8 Å². The fourth-order valence-electron chi connectivity index (χ4n) is 3.20. The molecule has 3 atom stereocenters. The van der Waals surface area contributed by atoms with Gasteiger partial charge in [0.25, 0.3) is 0 Å². The molecule has 2 aromatic rings. The first-order chi connectivity index (χ1) is 15.7. The minimum absolute atomic E-state index is 0.0820. The Balaban J connectivity index is 2.21. The van der Waals surface area contributed by atoms with Crippen LogP contribution in [0.2, 0.25) is 0 Å². The van der Waals surface area contributed by atoms with Crippen molar-refractivity contribution in [1.29, 1.82) is 0 Å². The number of phenols is 1. The smallest absolute Gasteiger partial charge is 0.328 e. The van der Waals surface area contributed by atoms with Crippen LogP contribution in [0.5, 0.6) is 5.75 Å². The van der Waals surface area contributed by atoms with E-state index in [0.717, 1.165) is 5.56 Å². The van der Waals surface area contributed by atoms with Crippen LogP contribution in [0.25, 0.3) is 0 Å². The summed E-state index contributed by atoms with van der Waals surface area (Å²) in [5.74, 6) is -2.05. The summed E-state index contributed by atoms with van der Waals surface area (Å²) in [6.45, 7) is 2.78. The Morgan fingerprint density at radius 3 is 1.88 bits per heavy atom. The molecule has 0 aliphatic rings. The standard InChI is InChI=1S/C24H29N3O6/c1-15(24(32)33-3)25-22(30)21(13-17-7-5-4-6-8-17)27-23(31)20(26-16(2)28)14-18-9-11-19(29)12-10-18/h4-12,15,20-21,29H,13-14H2,1-3H3,(H,25,30)(H,26,28)(H,27,31)/t15-,20-,21-/m0/s1. The number of carbonyl (C=O) groups excluding carboxylic acids is 4. The van der Waals surface area contributed by atoms with Gasteiger partial charge in [-0.05, 0) is 30.2 Å². The van der Waals surface area contributed by atoms with Crippen LogP contribution in [-0.2, 0) is 36.8 Å². The molecule has 2 rings (SSSR count). The van der Waals surface area contributed by atoms with Crippen LogP contribution in [-0.4, -0.2) is 54.0 Å². The third-order valence-corrected chi connectivity index (χ3v) is 4.90. The fourth-order valence-corrected chi connectivity index (χ4v) is 3.20. The number of hydrogen-bond acceptors (Lipinski definition) is 6. The van der Waals surface area contributed by atoms with Crippen molar-refractivity contribution < 1.29 is 29.0 Å². The van der Waals surface area contributed by atoms with E-state index in [1.165, 1.54) is 33.1 Å². The highest BCUT2D eigenvalue weighted by atomic mass is 16.5. The highest BCUT2D eigenvalue weighted by Crippen LogP contribution is 2.12. The van der Waals surface area contributed by atoms with Gasteiger partial charge in [-0.1, -0.05) is 42.5 Å². The summed E-state index contributed by atoms with van der Waals surface area (Å²) in [5, 5.41) is 17.3. The second kappa shape index (κ2) is 12.2. The zero-order valence-electron chi connectivity index (χ0n) is 18.8. The Hall–Kier alpha value is -3.88. The largest absolute Gasteiger partial charge is 0.508 e. The number of hydrogen-bond donors (Lipinski definition) is 4. The molecule has 0 radical (unpaired) electrons. The number of amides is 3. The average molecular weight is 456 g/mol. The van der Waals surface area contributed by atoms with Gasteiger partial charge < -0.3 is 25.8 Å². The Morgan fingerprint density at radius 1 is 0.818 bits per heavy atom. The maximum absolute atomic E-state index is 13.1. The van der Waals surface area contributed by atoms with E-state index in [1.807, 2.05) is 30.3 Å². The number of esters is 1. The maximum Gasteiger partial charge on any atom is 0.328 e. The molecule has 0 saturated carbocycles. The van der Waals surface area contributed by atoms with Gasteiger partial charge in [-0.15, -0.1) is 0 Å². The lowest BCUT2D eigenvalue weighted by Crippen LogP contribution is -2.56. The Morgan fingerprint density at radius 2 is 1.33 bits per heavy atom. The summed E-state index contributed by atoms with van der Waals surface area (Å²) < 4.78 is 4.64. The number of aromatic hydroxyl groups is 1. The van der Waals surface area contributed by atoms with E-state index in [-0.39, 0.29) is 18.6 Å². The summed E-state index contributed by atoms with van der Waals surface area (Å²) in [7, 11) is 1.22. The molecule has 0 aliphatic heterocycles. The molecule has 2 aromatic carbocycles. The monoisotopic (exact) mass is 455 g/mol. The molecule has 9 nitrogen and oxygen atoms in total. The first-order valence-corrected chi connectivity index (χ1v) is 10.5. The third kappa shape index (κ3) is 8.29. The van der Waals surface area contributed by atoms with Crippen molar-refractivity contribution in [3.05, 3.63) is 65.7 Å². The number of rotatable bonds is 10. The average Bonchev–Trinajstić information content (AvgIpc) is 2.79. The number of ether oxygens (including phenoxy) is 1. The van der Waals surface area contributed by atoms with Crippen LogP contribution in [0.15, 0.2) is 54.6 Å². The summed E-state index contributed by atoms with van der Waals surface area (Å²) in [6.07, 6.45) is 0.336. The zero-order chi connectivity index (χ0) is 24.4. The second-order valence-corrected chi connectivity index (χ2v) is 7.63. The molecule has 0 heterocycles. The first kappa shape index (κ1) is 25.4. The summed E-state index contributed by atoms with van der Waals surface area (Å²) >= 11 is 0. The van der Waals surface area contributed by atoms with E-state index in [2.05, 4.69) is 20.7 Å². The van der Waals surface area contributed by atoms with E-state index in [9.17, 15) is 24.3 Å². The number of nitrogens with one attached hydrogen (secondary N) is 3. The van der Waals surface area contributed by atoms with E-state index in [1.54, 1.807) is 12.1 Å². The molecule has 0 bridgehead atoms. The molecule has 176 valence electrons. The van der Waals surface area contributed by atoms with Gasteiger partial charge in [0.2, 0.25) is 17.7 Å². The molecular weight excluding hydrogens is 426 g/mol. The van der Waals surface area contributed by atoms with Crippen LogP contribution >= 0.6 is 0 Å². The molecule has 0 aliphatic carbocycles. The van der Waals surface area contributed by atoms with Crippen molar-refractivity contribution >= 4 is 23.7 Å². The highest BCUT2D eigenvalue weighted by molar-refractivity contribution is 5.93. The molecule has 0 saturated heterocycles. The SMILES string of the molecule is COC(=O)[C@H](C)NC(=O)[C@H](Cc1ccccc1)NC(=O)[C@H](Cc1ccc(O)cc1)NC(C)=O. The topological polar surface area (TPSA) is 134 Å². The zero-order valence-corrected chi connectivity index (χ0v) is 18.8. The second-order valence-electron chi connectivity index (χ2n) is 7.63. The Labute approximate surface area is 192 Å². The van der Waals surface area contributed by atoms with Gasteiger partial charge in [0.1, 0.15) is 23.9 Å². The van der Waals surface area contributed by atoms with Gasteiger partial charge >= 0.3 is 5.97 Å². The van der Waals surface area contributed by atoms with Crippen molar-refractivity contribution in [3.63, 3.8) is 0 Å². The van der Waals surface area contributed by atoms with Gasteiger partial charge in [0, 0.05) is 19.8 Å². The van der Waals surface area contributed by atoms with Crippen LogP contribution in [0.1, 0.15) is 25.0 Å². The molecule has 9 heteroatoms. The summed E-state index contributed by atoms with van der Waals surface area (Å²) in [4.78, 5) is 49.4. The molecule has 0 unspecified atom stereocenters. The molecular formula is C24H29N3O6. The fraction of sp³-hybridized carbons (Fsp3) is 0.333. The number of phenolic OH excluding ortho intramolecular Hbond substituents is 1. The lowest BCUT2D eigenvalue weighted by atomic mass is 10.0. The van der Waals surface area contributed by atoms with Gasteiger partial charge in [0.15, 0.2) is 0 Å². The number of methoxy groups -OCH3 is 1. The van der Waals surface area contributed by atoms with E-state index in [0.29, 0.717) is 5.56 Å². The highest BCUT2D eigenvalue weighted by Gasteiger charge is 2.28. The molecule has 4 N–H and O–H groups in total. The van der Waals surface area contributed by atoms with E-state index >= 15 is 0 Å². The molecule has 0 spiro atoms. The predicted molar refractivity (Wildman–Crippen MR) is 121 cm³/mol. The van der Waals surface area contributed by atoms with Crippen molar-refractivity contribution in [2.75, 3.05) is 7.11 Å². The number of benzene rings is 2. The van der Waals surface area contributed by atoms with E-state index in [4.69, 9.17) is 0 Å². The van der Waals surface area contributed by atoms with Crippen molar-refractivity contribution in [3.8, 4) is 5.75 Å². The quantitative estimate of drug-likeness (QED) is 0.393. The Kier molecular flexibility index (Phi) is 9.41. The van der Waals surface area contributed by atoms with Crippen molar-refractivity contribution in [2.45, 2.75) is 44.8 Å². The lowest BCUT2D eigenvalue weighted by Gasteiger charge is -2.24. The van der Waals surface area contributed by atoms with Gasteiger partial charge in [-0.3, -0.25) is 14.4 Å². The summed E-state index contributed by atoms with van der Waals surface area (Å²) in [6, 6.07) is 12.5. The molecule has 33 heavy (non-hydrogen) atoms. The number of carbonyl (C=O) groups is 4. The van der Waals surface area contributed by atoms with Crippen LogP contribution < -0.4 is 16.0 Å². The van der Waals surface area contributed by atoms with Gasteiger partial charge in [0.05, 0.1) is 7.11 Å². The van der Waals surface area contributed by atoms with Crippen LogP contribution in [0.3, 0.4) is 0 Å². The van der Waals surface area contributed by atoms with Crippen LogP contribution in [0, 0.1) is 0 Å². The molecule has 0 aromatic heterocycles. The third-order valence-electron chi connectivity index (χ3n) is 4.90. The summed E-state index contributed by atoms with van der Waals surface area (Å²) in [5.41, 5.74) is 1.52. The molecule has 3 amide bonds. The molecule has 0 fully saturated rings. The lowest BCUT2D eigenvalue weighted by molar-refractivity contribution is -0.144. The van der Waals surface area contributed by atoms with Gasteiger partial charge in [-0.25, -0.2) is 4.79 Å². The minimum atomic E-state index is -0.997.